The predicted molar refractivity (Wildman–Crippen MR) is 531 cm³/mol. The molecule has 5 aliphatic rings. The number of nitrogens with one attached hydrogen (secondary N) is 7. The third-order valence-corrected chi connectivity index (χ3v) is 29.0. The SMILES string of the molecule is CC(=O)NC1CCN(C(=O)c2csc3c(=O)[nH]c(N)nc23)CC1.CC1(N)CCN(C(=O)c2csc3c(=O)[nH]c(N)nc23)CC1.CC1(O)CCN(C(=O)c2csc3c(=O)[nH]c(N)nc23)CC1.CCCOCCN(C)C(=O)c1csc2c(=O)[nH]c(N)nc12.Nc1nc2c(C(=O)N3CCN(c4ccccc4)CC3)csc2c(=O)[nH]1.Nc1nc2c(C(=O)N3CCN(c4ccccc4)CC3)csc2c(=O)[nH]1. The highest BCUT2D eigenvalue weighted by Crippen LogP contribution is 2.33. The van der Waals surface area contributed by atoms with Crippen LogP contribution in [0.25, 0.3) is 61.3 Å². The van der Waals surface area contributed by atoms with E-state index in [1.54, 1.807) is 75.7 Å². The fourth-order valence-corrected chi connectivity index (χ4v) is 21.0. The third kappa shape index (κ3) is 23.0. The quantitative estimate of drug-likeness (QED) is 0.0597. The van der Waals surface area contributed by atoms with Gasteiger partial charge < -0.3 is 94.5 Å². The average Bonchev–Trinajstić information content (AvgIpc) is 1.64. The fraction of sp³-hybridized carbons (Fsp3) is 0.368. The smallest absolute Gasteiger partial charge is 0.270 e. The molecule has 0 radical (unpaired) electrons. The van der Waals surface area contributed by atoms with E-state index in [4.69, 9.17) is 44.9 Å². The Kier molecular flexibility index (Phi) is 30.8. The van der Waals surface area contributed by atoms with E-state index < -0.39 is 5.60 Å². The Morgan fingerprint density at radius 2 is 0.676 bits per heavy atom. The molecule has 136 heavy (non-hydrogen) atoms. The Labute approximate surface area is 797 Å². The number of rotatable bonds is 14. The van der Waals surface area contributed by atoms with Gasteiger partial charge in [-0.3, -0.25) is 92.2 Å². The lowest BCUT2D eigenvalue weighted by Crippen LogP contribution is -2.49. The lowest BCUT2D eigenvalue weighted by Gasteiger charge is -2.36. The molecule has 0 unspecified atom stereocenters. The minimum atomic E-state index is -0.715. The number of likely N-dealkylation sites (N-methyl/N-ethyl adjacent to an activating group) is 1. The number of para-hydroxylation sites is 2. The third-order valence-electron chi connectivity index (χ3n) is 23.2. The second-order valence-corrected chi connectivity index (χ2v) is 38.5. The average molecular weight is 1970 g/mol. The number of aliphatic hydroxyl groups is 1. The van der Waals surface area contributed by atoms with Crippen LogP contribution in [-0.2, 0) is 9.53 Å². The van der Waals surface area contributed by atoms with Gasteiger partial charge in [0.05, 0.1) is 45.6 Å². The Morgan fingerprint density at radius 1 is 0.412 bits per heavy atom. The maximum absolute atomic E-state index is 12.9. The predicted octanol–water partition coefficient (Wildman–Crippen LogP) is 5.51. The van der Waals surface area contributed by atoms with Crippen molar-refractivity contribution in [3.8, 4) is 0 Å². The molecule has 0 aliphatic carbocycles. The topological polar surface area (TPSA) is 644 Å². The summed E-state index contributed by atoms with van der Waals surface area (Å²) in [4.78, 5) is 212. The van der Waals surface area contributed by atoms with Gasteiger partial charge in [0.25, 0.3) is 68.8 Å². The van der Waals surface area contributed by atoms with Crippen molar-refractivity contribution in [2.24, 2.45) is 5.73 Å². The molecule has 14 aromatic rings. The van der Waals surface area contributed by atoms with Gasteiger partial charge in [-0.05, 0) is 83.1 Å². The highest BCUT2D eigenvalue weighted by atomic mass is 32.1. The highest BCUT2D eigenvalue weighted by Gasteiger charge is 2.35. The maximum Gasteiger partial charge on any atom is 0.270 e. The Morgan fingerprint density at radius 3 is 0.963 bits per heavy atom. The number of aromatic nitrogens is 12. The number of hydrogen-bond donors (Lipinski definition) is 15. The maximum atomic E-state index is 12.9. The lowest BCUT2D eigenvalue weighted by atomic mass is 9.91. The molecule has 2 aromatic carbocycles. The number of nitrogens with two attached hydrogens (primary N) is 7. The molecule has 43 nitrogen and oxygen atoms in total. The van der Waals surface area contributed by atoms with Crippen LogP contribution in [0.3, 0.4) is 0 Å². The number of aromatic amines is 6. The second kappa shape index (κ2) is 42.7. The normalized spacial score (nSPS) is 15.4. The number of thiophene rings is 6. The molecule has 5 aliphatic heterocycles. The largest absolute Gasteiger partial charge is 0.390 e. The molecule has 49 heteroatoms. The number of H-pyrrole nitrogens is 6. The molecule has 0 spiro atoms. The number of fused-ring (bicyclic) bond motifs is 6. The molecular formula is C87H102N28O15S6. The van der Waals surface area contributed by atoms with Crippen LogP contribution in [0.15, 0.2) is 122 Å². The van der Waals surface area contributed by atoms with Crippen LogP contribution in [0.4, 0.5) is 47.1 Å². The first kappa shape index (κ1) is 98.1. The van der Waals surface area contributed by atoms with E-state index in [0.717, 1.165) is 56.8 Å². The number of piperazine rings is 2. The Bertz CT molecular complexity index is 6840. The number of carbonyl (C=O) groups is 7. The molecule has 5 fully saturated rings. The summed E-state index contributed by atoms with van der Waals surface area (Å²) in [6.45, 7) is 17.8. The van der Waals surface area contributed by atoms with Crippen molar-refractivity contribution in [2.45, 2.75) is 89.8 Å². The summed E-state index contributed by atoms with van der Waals surface area (Å²) in [7, 11) is 1.69. The molecule has 17 heterocycles. The van der Waals surface area contributed by atoms with Gasteiger partial charge in [-0.25, -0.2) is 29.9 Å². The molecule has 19 rings (SSSR count). The zero-order chi connectivity index (χ0) is 97.1. The zero-order valence-corrected chi connectivity index (χ0v) is 79.6. The van der Waals surface area contributed by atoms with Gasteiger partial charge in [-0.15, -0.1) is 68.0 Å². The van der Waals surface area contributed by atoms with Crippen molar-refractivity contribution < 1.29 is 43.4 Å². The van der Waals surface area contributed by atoms with Crippen LogP contribution in [0.1, 0.15) is 135 Å². The van der Waals surface area contributed by atoms with Crippen LogP contribution in [0.5, 0.6) is 0 Å². The molecule has 12 aromatic heterocycles. The van der Waals surface area contributed by atoms with Gasteiger partial charge in [0, 0.05) is 174 Å². The summed E-state index contributed by atoms with van der Waals surface area (Å²) in [5.41, 5.74) is 43.8. The first-order valence-corrected chi connectivity index (χ1v) is 48.6. The number of carbonyl (C=O) groups excluding carboxylic acids is 7. The van der Waals surface area contributed by atoms with Gasteiger partial charge in [-0.1, -0.05) is 43.3 Å². The molecule has 7 amide bonds. The van der Waals surface area contributed by atoms with Crippen LogP contribution in [-0.4, -0.2) is 271 Å². The number of anilines is 8. The Hall–Kier alpha value is -14.0. The lowest BCUT2D eigenvalue weighted by molar-refractivity contribution is -0.119. The van der Waals surface area contributed by atoms with Crippen molar-refractivity contribution in [3.63, 3.8) is 0 Å². The van der Waals surface area contributed by atoms with E-state index in [1.807, 2.05) is 50.2 Å². The number of nitrogens with zero attached hydrogens (tertiary/aromatic N) is 14. The number of benzene rings is 2. The van der Waals surface area contributed by atoms with E-state index in [1.165, 1.54) is 74.9 Å². The van der Waals surface area contributed by atoms with E-state index in [9.17, 15) is 67.4 Å². The first-order chi connectivity index (χ1) is 65.0. The van der Waals surface area contributed by atoms with Crippen molar-refractivity contribution in [3.05, 3.63) is 188 Å². The van der Waals surface area contributed by atoms with Crippen LogP contribution in [0.2, 0.25) is 0 Å². The molecule has 0 atom stereocenters. The minimum Gasteiger partial charge on any atom is -0.390 e. The number of amides is 7. The number of piperidine rings is 3. The van der Waals surface area contributed by atoms with Crippen LogP contribution < -0.4 is 88.6 Å². The standard InChI is InChI=1S/2C17H17N5O2S.C14H17N5O3S.C13H17N5O2S.C13H16N4O3S.C13H18N4O3S/c2*18-17-19-13-12(10-25-14(13)15(23)20-17)16(24)22-8-6-21(7-9-22)11-4-2-1-3-5-11;1-7(20)16-8-2-4-19(5-3-8)13(22)9-6-23-11-10(9)17-14(15)18-12(11)21;1-13(15)2-4-18(5-3-13)11(20)7-6-21-9-8(7)16-12(14)17-10(9)19;1-13(20)2-4-17(5-3-13)11(19)7-6-21-9-8(7)15-12(14)16-10(9)18;1-3-5-20-6-4-17(2)12(19)8-7-21-10-9(8)15-13(14)16-11(10)18/h2*1-5,10H,6-9H2,(H3,18,19,20,23);6,8H,2-5H2,1H3,(H,16,20)(H3,15,17,18,21);6H,2-5,15H2,1H3,(H3,14,16,17,19);6,20H,2-5H2,1H3,(H3,14,15,16,18);7H,3-6H2,1-2H3,(H3,14,15,16,18). The summed E-state index contributed by atoms with van der Waals surface area (Å²) in [5.74, 6) is -0.816. The van der Waals surface area contributed by atoms with Crippen molar-refractivity contribution in [1.82, 2.24) is 94.5 Å². The Balaban J connectivity index is 0.000000131. The van der Waals surface area contributed by atoms with Crippen molar-refractivity contribution in [1.29, 1.82) is 0 Å². The first-order valence-electron chi connectivity index (χ1n) is 43.3. The van der Waals surface area contributed by atoms with E-state index in [2.05, 4.69) is 99.2 Å². The summed E-state index contributed by atoms with van der Waals surface area (Å²) < 4.78 is 7.86. The number of ether oxygens (including phenoxy) is 1. The van der Waals surface area contributed by atoms with E-state index in [0.29, 0.717) is 206 Å². The fourth-order valence-electron chi connectivity index (χ4n) is 15.7. The summed E-state index contributed by atoms with van der Waals surface area (Å²) in [6.07, 6.45) is 4.97. The van der Waals surface area contributed by atoms with Crippen LogP contribution in [0, 0.1) is 0 Å². The van der Waals surface area contributed by atoms with Gasteiger partial charge in [0.1, 0.15) is 61.3 Å². The summed E-state index contributed by atoms with van der Waals surface area (Å²) in [6, 6.07) is 20.4. The monoisotopic (exact) mass is 1970 g/mol. The van der Waals surface area contributed by atoms with Crippen molar-refractivity contribution >= 4 is 218 Å². The molecule has 0 bridgehead atoms. The van der Waals surface area contributed by atoms with Gasteiger partial charge in [0.2, 0.25) is 41.6 Å². The van der Waals surface area contributed by atoms with E-state index >= 15 is 0 Å². The summed E-state index contributed by atoms with van der Waals surface area (Å²) >= 11 is 7.20. The second-order valence-electron chi connectivity index (χ2n) is 33.2. The molecular weight excluding hydrogens is 1870 g/mol. The molecule has 0 saturated carbocycles. The van der Waals surface area contributed by atoms with Gasteiger partial charge in [-0.2, -0.15) is 0 Å². The molecule has 716 valence electrons. The summed E-state index contributed by atoms with van der Waals surface area (Å²) in [5, 5.41) is 22.8. The molecule has 5 saturated heterocycles. The number of likely N-dealkylation sites (tertiary alicyclic amines) is 3. The number of hydrogen-bond acceptors (Lipinski definition) is 36. The van der Waals surface area contributed by atoms with E-state index in [-0.39, 0.29) is 122 Å². The van der Waals surface area contributed by atoms with Crippen LogP contribution >= 0.6 is 68.0 Å². The van der Waals surface area contributed by atoms with Crippen molar-refractivity contribution in [2.75, 3.05) is 163 Å². The minimum absolute atomic E-state index is 0.000633. The highest BCUT2D eigenvalue weighted by molar-refractivity contribution is 7.19. The number of nitrogen functional groups attached to an aromatic ring is 6. The van der Waals surface area contributed by atoms with Gasteiger partial charge in [0.15, 0.2) is 0 Å². The zero-order valence-electron chi connectivity index (χ0n) is 74.7. The molecule has 22 N–H and O–H groups in total. The van der Waals surface area contributed by atoms with Gasteiger partial charge >= 0.3 is 0 Å².